The quantitative estimate of drug-likeness (QED) is 0.628. The van der Waals surface area contributed by atoms with Crippen LogP contribution >= 0.6 is 0 Å². The first-order chi connectivity index (χ1) is 14.7. The molecule has 7 nitrogen and oxygen atoms in total. The van der Waals surface area contributed by atoms with Crippen molar-refractivity contribution in [3.63, 3.8) is 0 Å². The number of morpholine rings is 1. The summed E-state index contributed by atoms with van der Waals surface area (Å²) in [5.74, 6) is 1.19. The summed E-state index contributed by atoms with van der Waals surface area (Å²) in [5, 5.41) is 4.76. The fourth-order valence-corrected chi connectivity index (χ4v) is 3.56. The Morgan fingerprint density at radius 2 is 1.77 bits per heavy atom. The summed E-state index contributed by atoms with van der Waals surface area (Å²) in [4.78, 5) is 15.1. The molecule has 0 unspecified atom stereocenters. The molecular formula is C23H25N3O4. The average molecular weight is 407 g/mol. The fourth-order valence-electron chi connectivity index (χ4n) is 3.56. The van der Waals surface area contributed by atoms with Crippen LogP contribution in [0.2, 0.25) is 0 Å². The zero-order chi connectivity index (χ0) is 20.9. The Bertz CT molecular complexity index is 1010. The number of amides is 1. The molecule has 1 aliphatic heterocycles. The number of methoxy groups -OCH3 is 2. The lowest BCUT2D eigenvalue weighted by atomic mass is 10.1. The number of ether oxygens (including phenoxy) is 3. The molecule has 0 aliphatic carbocycles. The van der Waals surface area contributed by atoms with E-state index in [-0.39, 0.29) is 5.91 Å². The molecule has 0 N–H and O–H groups in total. The largest absolute Gasteiger partial charge is 0.493 e. The van der Waals surface area contributed by atoms with Crippen LogP contribution in [0.5, 0.6) is 11.5 Å². The number of benzene rings is 2. The molecule has 30 heavy (non-hydrogen) atoms. The SMILES string of the molecule is COc1ccc(-c2nn(Cc3ccccc3)cc2C(=O)N2CCOCC2)cc1OC. The van der Waals surface area contributed by atoms with E-state index in [1.54, 1.807) is 14.2 Å². The normalized spacial score (nSPS) is 13.9. The number of carbonyl (C=O) groups excluding carboxylic acids is 1. The lowest BCUT2D eigenvalue weighted by molar-refractivity contribution is 0.0303. The lowest BCUT2D eigenvalue weighted by Crippen LogP contribution is -2.40. The van der Waals surface area contributed by atoms with E-state index in [4.69, 9.17) is 19.3 Å². The highest BCUT2D eigenvalue weighted by atomic mass is 16.5. The van der Waals surface area contributed by atoms with Gasteiger partial charge in [-0.3, -0.25) is 9.48 Å². The number of hydrogen-bond acceptors (Lipinski definition) is 5. The Labute approximate surface area is 175 Å². The van der Waals surface area contributed by atoms with E-state index in [9.17, 15) is 4.79 Å². The summed E-state index contributed by atoms with van der Waals surface area (Å²) < 4.78 is 18.0. The van der Waals surface area contributed by atoms with E-state index < -0.39 is 0 Å². The summed E-state index contributed by atoms with van der Waals surface area (Å²) in [6.45, 7) is 2.84. The highest BCUT2D eigenvalue weighted by Crippen LogP contribution is 2.33. The van der Waals surface area contributed by atoms with Gasteiger partial charge in [-0.05, 0) is 23.8 Å². The van der Waals surface area contributed by atoms with Gasteiger partial charge in [-0.1, -0.05) is 30.3 Å². The second-order valence-corrected chi connectivity index (χ2v) is 7.05. The number of carbonyl (C=O) groups is 1. The minimum absolute atomic E-state index is 0.0394. The molecule has 0 radical (unpaired) electrons. The molecule has 0 bridgehead atoms. The second-order valence-electron chi connectivity index (χ2n) is 7.05. The first kappa shape index (κ1) is 20.0. The molecule has 2 heterocycles. The highest BCUT2D eigenvalue weighted by molar-refractivity contribution is 6.00. The summed E-state index contributed by atoms with van der Waals surface area (Å²) in [7, 11) is 3.19. The molecule has 3 aromatic rings. The molecule has 7 heteroatoms. The van der Waals surface area contributed by atoms with Crippen molar-refractivity contribution in [1.29, 1.82) is 0 Å². The maximum absolute atomic E-state index is 13.3. The molecular weight excluding hydrogens is 382 g/mol. The Kier molecular flexibility index (Phi) is 5.99. The fraction of sp³-hybridized carbons (Fsp3) is 0.304. The van der Waals surface area contributed by atoms with E-state index in [1.165, 1.54) is 0 Å². The van der Waals surface area contributed by atoms with E-state index >= 15 is 0 Å². The van der Waals surface area contributed by atoms with Crippen molar-refractivity contribution in [2.24, 2.45) is 0 Å². The van der Waals surface area contributed by atoms with Crippen molar-refractivity contribution >= 4 is 5.91 Å². The molecule has 0 atom stereocenters. The maximum Gasteiger partial charge on any atom is 0.257 e. The van der Waals surface area contributed by atoms with Gasteiger partial charge in [0.05, 0.1) is 39.5 Å². The van der Waals surface area contributed by atoms with Crippen LogP contribution < -0.4 is 9.47 Å². The van der Waals surface area contributed by atoms with Crippen molar-refractivity contribution in [3.8, 4) is 22.8 Å². The van der Waals surface area contributed by atoms with Crippen LogP contribution in [0, 0.1) is 0 Å². The van der Waals surface area contributed by atoms with Crippen molar-refractivity contribution in [3.05, 3.63) is 65.9 Å². The number of rotatable bonds is 6. The minimum Gasteiger partial charge on any atom is -0.493 e. The van der Waals surface area contributed by atoms with Gasteiger partial charge in [-0.2, -0.15) is 5.10 Å². The molecule has 1 aliphatic rings. The molecule has 2 aromatic carbocycles. The van der Waals surface area contributed by atoms with Crippen molar-refractivity contribution in [1.82, 2.24) is 14.7 Å². The average Bonchev–Trinajstić information content (AvgIpc) is 3.23. The van der Waals surface area contributed by atoms with Gasteiger partial charge in [-0.15, -0.1) is 0 Å². The van der Waals surface area contributed by atoms with Gasteiger partial charge < -0.3 is 19.1 Å². The van der Waals surface area contributed by atoms with Crippen molar-refractivity contribution in [2.75, 3.05) is 40.5 Å². The standard InChI is InChI=1S/C23H25N3O4/c1-28-20-9-8-18(14-21(20)29-2)22-19(23(27)25-10-12-30-13-11-25)16-26(24-22)15-17-6-4-3-5-7-17/h3-9,14,16H,10-13,15H2,1-2H3. The monoisotopic (exact) mass is 407 g/mol. The zero-order valence-corrected chi connectivity index (χ0v) is 17.2. The Morgan fingerprint density at radius 3 is 2.47 bits per heavy atom. The highest BCUT2D eigenvalue weighted by Gasteiger charge is 2.25. The number of aromatic nitrogens is 2. The van der Waals surface area contributed by atoms with Gasteiger partial charge >= 0.3 is 0 Å². The summed E-state index contributed by atoms with van der Waals surface area (Å²) >= 11 is 0. The van der Waals surface area contributed by atoms with Crippen LogP contribution in [-0.2, 0) is 11.3 Å². The van der Waals surface area contributed by atoms with E-state index in [1.807, 2.05) is 64.3 Å². The first-order valence-corrected chi connectivity index (χ1v) is 9.90. The zero-order valence-electron chi connectivity index (χ0n) is 17.2. The van der Waals surface area contributed by atoms with Crippen LogP contribution in [0.25, 0.3) is 11.3 Å². The van der Waals surface area contributed by atoms with E-state index in [2.05, 4.69) is 0 Å². The Morgan fingerprint density at radius 1 is 1.03 bits per heavy atom. The van der Waals surface area contributed by atoms with E-state index in [0.717, 1.165) is 11.1 Å². The second kappa shape index (κ2) is 9.00. The van der Waals surface area contributed by atoms with Gasteiger partial charge in [-0.25, -0.2) is 0 Å². The third kappa shape index (κ3) is 4.16. The Hall–Kier alpha value is -3.32. The predicted molar refractivity (Wildman–Crippen MR) is 113 cm³/mol. The molecule has 1 saturated heterocycles. The molecule has 1 fully saturated rings. The Balaban J connectivity index is 1.74. The number of hydrogen-bond donors (Lipinski definition) is 0. The maximum atomic E-state index is 13.3. The smallest absolute Gasteiger partial charge is 0.257 e. The van der Waals surface area contributed by atoms with E-state index in [0.29, 0.717) is 55.6 Å². The topological polar surface area (TPSA) is 65.8 Å². The molecule has 0 spiro atoms. The molecule has 1 aromatic heterocycles. The first-order valence-electron chi connectivity index (χ1n) is 9.90. The molecule has 0 saturated carbocycles. The van der Waals surface area contributed by atoms with Crippen LogP contribution in [-0.4, -0.2) is 61.1 Å². The van der Waals surface area contributed by atoms with Crippen LogP contribution in [0.4, 0.5) is 0 Å². The number of nitrogens with zero attached hydrogens (tertiary/aromatic N) is 3. The third-order valence-corrected chi connectivity index (χ3v) is 5.13. The van der Waals surface area contributed by atoms with Crippen LogP contribution in [0.3, 0.4) is 0 Å². The van der Waals surface area contributed by atoms with Gasteiger partial charge in [0.15, 0.2) is 11.5 Å². The van der Waals surface area contributed by atoms with Gasteiger partial charge in [0.25, 0.3) is 5.91 Å². The molecule has 156 valence electrons. The van der Waals surface area contributed by atoms with Crippen LogP contribution in [0.1, 0.15) is 15.9 Å². The molecule has 4 rings (SSSR count). The van der Waals surface area contributed by atoms with Crippen molar-refractivity contribution in [2.45, 2.75) is 6.54 Å². The predicted octanol–water partition coefficient (Wildman–Crippen LogP) is 3.09. The van der Waals surface area contributed by atoms with Crippen LogP contribution in [0.15, 0.2) is 54.7 Å². The van der Waals surface area contributed by atoms with Gasteiger partial charge in [0.2, 0.25) is 0 Å². The lowest BCUT2D eigenvalue weighted by Gasteiger charge is -2.26. The van der Waals surface area contributed by atoms with Crippen molar-refractivity contribution < 1.29 is 19.0 Å². The molecule has 1 amide bonds. The summed E-state index contributed by atoms with van der Waals surface area (Å²) in [6.07, 6.45) is 1.83. The van der Waals surface area contributed by atoms with Gasteiger partial charge in [0, 0.05) is 24.8 Å². The minimum atomic E-state index is -0.0394. The van der Waals surface area contributed by atoms with Gasteiger partial charge in [0.1, 0.15) is 5.69 Å². The third-order valence-electron chi connectivity index (χ3n) is 5.13. The summed E-state index contributed by atoms with van der Waals surface area (Å²) in [6, 6.07) is 15.6. The summed E-state index contributed by atoms with van der Waals surface area (Å²) in [5.41, 5.74) is 3.11.